The monoisotopic (exact) mass is 470 g/mol. The second kappa shape index (κ2) is 10.7. The van der Waals surface area contributed by atoms with E-state index in [0.717, 1.165) is 30.5 Å². The second-order valence-corrected chi connectivity index (χ2v) is 8.50. The van der Waals surface area contributed by atoms with Gasteiger partial charge >= 0.3 is 6.03 Å². The van der Waals surface area contributed by atoms with Gasteiger partial charge in [0, 0.05) is 57.5 Å². The number of aromatic nitrogens is 2. The van der Waals surface area contributed by atoms with E-state index in [1.54, 1.807) is 38.4 Å². The second-order valence-electron chi connectivity index (χ2n) is 8.50. The lowest BCUT2D eigenvalue weighted by atomic mass is 10.1. The molecule has 1 aromatic heterocycles. The fourth-order valence-electron chi connectivity index (χ4n) is 4.48. The number of piperazine rings is 1. The van der Waals surface area contributed by atoms with Crippen molar-refractivity contribution in [3.05, 3.63) is 24.0 Å². The highest BCUT2D eigenvalue weighted by Crippen LogP contribution is 2.40. The zero-order valence-corrected chi connectivity index (χ0v) is 20.5. The van der Waals surface area contributed by atoms with Crippen LogP contribution in [0.5, 0.6) is 17.2 Å². The number of ether oxygens (including phenoxy) is 3. The minimum atomic E-state index is -0.165. The van der Waals surface area contributed by atoms with Gasteiger partial charge in [0.05, 0.1) is 27.0 Å². The molecule has 10 heteroatoms. The maximum absolute atomic E-state index is 12.9. The van der Waals surface area contributed by atoms with Crippen LogP contribution in [0.4, 0.5) is 22.1 Å². The molecule has 1 aromatic carbocycles. The number of nitrogens with zero attached hydrogens (tertiary/aromatic N) is 5. The van der Waals surface area contributed by atoms with Gasteiger partial charge in [0.15, 0.2) is 11.5 Å². The number of rotatable bonds is 6. The van der Waals surface area contributed by atoms with Gasteiger partial charge in [-0.15, -0.1) is 0 Å². The summed E-state index contributed by atoms with van der Waals surface area (Å²) in [6.45, 7) is 6.64. The normalized spacial score (nSPS) is 16.3. The Morgan fingerprint density at radius 1 is 0.794 bits per heavy atom. The highest BCUT2D eigenvalue weighted by Gasteiger charge is 2.24. The van der Waals surface area contributed by atoms with Crippen LogP contribution in [0.1, 0.15) is 25.1 Å². The summed E-state index contributed by atoms with van der Waals surface area (Å²) in [5, 5.41) is 2.95. The Morgan fingerprint density at radius 3 is 1.88 bits per heavy atom. The Balaban J connectivity index is 1.39. The van der Waals surface area contributed by atoms with E-state index in [2.05, 4.69) is 31.2 Å². The molecule has 34 heavy (non-hydrogen) atoms. The van der Waals surface area contributed by atoms with Gasteiger partial charge < -0.3 is 34.2 Å². The van der Waals surface area contributed by atoms with Gasteiger partial charge in [0.25, 0.3) is 0 Å². The van der Waals surface area contributed by atoms with Crippen molar-refractivity contribution in [3.63, 3.8) is 0 Å². The molecule has 2 aliphatic heterocycles. The SMILES string of the molecule is COc1cc(NC(=O)N2CCN(c3cc(N4CCCCC4)nc(C)n3)CC2)cc(OC)c1OC. The van der Waals surface area contributed by atoms with E-state index in [1.165, 1.54) is 19.3 Å². The molecule has 2 aliphatic rings. The molecule has 0 atom stereocenters. The molecule has 4 rings (SSSR count). The zero-order valence-electron chi connectivity index (χ0n) is 20.5. The van der Waals surface area contributed by atoms with Gasteiger partial charge in [-0.2, -0.15) is 0 Å². The van der Waals surface area contributed by atoms with E-state index in [9.17, 15) is 4.79 Å². The van der Waals surface area contributed by atoms with E-state index < -0.39 is 0 Å². The van der Waals surface area contributed by atoms with Crippen molar-refractivity contribution in [3.8, 4) is 17.2 Å². The Morgan fingerprint density at radius 2 is 1.35 bits per heavy atom. The number of piperidine rings is 1. The standard InChI is InChI=1S/C24H34N6O4/c1-17-25-21(28-8-6-5-7-9-28)16-22(26-17)29-10-12-30(13-11-29)24(31)27-18-14-19(32-2)23(34-4)20(15-18)33-3/h14-16H,5-13H2,1-4H3,(H,27,31). The van der Waals surface area contributed by atoms with Crippen molar-refractivity contribution in [2.75, 3.05) is 75.7 Å². The van der Waals surface area contributed by atoms with Crippen LogP contribution in [-0.2, 0) is 0 Å². The van der Waals surface area contributed by atoms with Crippen LogP contribution in [0.15, 0.2) is 18.2 Å². The molecular weight excluding hydrogens is 436 g/mol. The molecule has 10 nitrogen and oxygen atoms in total. The Hall–Kier alpha value is -3.43. The summed E-state index contributed by atoms with van der Waals surface area (Å²) < 4.78 is 16.1. The van der Waals surface area contributed by atoms with Crippen molar-refractivity contribution in [2.24, 2.45) is 0 Å². The lowest BCUT2D eigenvalue weighted by Crippen LogP contribution is -2.50. The number of amides is 2. The highest BCUT2D eigenvalue weighted by atomic mass is 16.5. The quantitative estimate of drug-likeness (QED) is 0.688. The fourth-order valence-corrected chi connectivity index (χ4v) is 4.48. The molecule has 2 aromatic rings. The number of hydrogen-bond acceptors (Lipinski definition) is 8. The van der Waals surface area contributed by atoms with Gasteiger partial charge in [-0.05, 0) is 26.2 Å². The van der Waals surface area contributed by atoms with Crippen molar-refractivity contribution in [1.29, 1.82) is 0 Å². The van der Waals surface area contributed by atoms with Crippen LogP contribution in [0, 0.1) is 6.92 Å². The molecule has 1 N–H and O–H groups in total. The first kappa shape index (κ1) is 23.7. The Kier molecular flexibility index (Phi) is 7.44. The summed E-state index contributed by atoms with van der Waals surface area (Å²) in [5.41, 5.74) is 0.583. The van der Waals surface area contributed by atoms with Gasteiger partial charge in [0.2, 0.25) is 5.75 Å². The molecule has 0 bridgehead atoms. The molecule has 3 heterocycles. The lowest BCUT2D eigenvalue weighted by molar-refractivity contribution is 0.208. The molecular formula is C24H34N6O4. The molecule has 0 saturated carbocycles. The molecule has 0 spiro atoms. The Labute approximate surface area is 200 Å². The van der Waals surface area contributed by atoms with Crippen LogP contribution in [0.25, 0.3) is 0 Å². The van der Waals surface area contributed by atoms with Gasteiger partial charge in [-0.3, -0.25) is 0 Å². The molecule has 0 aliphatic carbocycles. The maximum atomic E-state index is 12.9. The van der Waals surface area contributed by atoms with Crippen LogP contribution in [-0.4, -0.2) is 81.5 Å². The van der Waals surface area contributed by atoms with Crippen LogP contribution >= 0.6 is 0 Å². The number of carbonyl (C=O) groups excluding carboxylic acids is 1. The summed E-state index contributed by atoms with van der Waals surface area (Å²) in [6.07, 6.45) is 3.70. The van der Waals surface area contributed by atoms with Crippen LogP contribution in [0.2, 0.25) is 0 Å². The number of methoxy groups -OCH3 is 3. The smallest absolute Gasteiger partial charge is 0.321 e. The molecule has 2 amide bonds. The minimum Gasteiger partial charge on any atom is -0.493 e. The number of nitrogens with one attached hydrogen (secondary N) is 1. The molecule has 2 fully saturated rings. The predicted molar refractivity (Wildman–Crippen MR) is 132 cm³/mol. The van der Waals surface area contributed by atoms with E-state index in [4.69, 9.17) is 14.2 Å². The summed E-state index contributed by atoms with van der Waals surface area (Å²) in [6, 6.07) is 5.37. The van der Waals surface area contributed by atoms with Gasteiger partial charge in [-0.1, -0.05) is 0 Å². The van der Waals surface area contributed by atoms with Crippen molar-refractivity contribution >= 4 is 23.4 Å². The number of carbonyl (C=O) groups is 1. The third-order valence-corrected chi connectivity index (χ3v) is 6.30. The van der Waals surface area contributed by atoms with Crippen LogP contribution < -0.4 is 29.3 Å². The summed E-state index contributed by atoms with van der Waals surface area (Å²) >= 11 is 0. The molecule has 0 unspecified atom stereocenters. The number of urea groups is 1. The van der Waals surface area contributed by atoms with E-state index in [-0.39, 0.29) is 6.03 Å². The van der Waals surface area contributed by atoms with E-state index >= 15 is 0 Å². The summed E-state index contributed by atoms with van der Waals surface area (Å²) in [4.78, 5) is 28.7. The molecule has 0 radical (unpaired) electrons. The first-order valence-electron chi connectivity index (χ1n) is 11.7. The predicted octanol–water partition coefficient (Wildman–Crippen LogP) is 3.16. The van der Waals surface area contributed by atoms with Gasteiger partial charge in [0.1, 0.15) is 17.5 Å². The first-order valence-corrected chi connectivity index (χ1v) is 11.7. The largest absolute Gasteiger partial charge is 0.493 e. The summed E-state index contributed by atoms with van der Waals surface area (Å²) in [7, 11) is 4.65. The lowest BCUT2D eigenvalue weighted by Gasteiger charge is -2.36. The fraction of sp³-hybridized carbons (Fsp3) is 0.542. The number of anilines is 3. The molecule has 184 valence electrons. The number of hydrogen-bond donors (Lipinski definition) is 1. The average molecular weight is 471 g/mol. The number of benzene rings is 1. The van der Waals surface area contributed by atoms with Crippen molar-refractivity contribution in [2.45, 2.75) is 26.2 Å². The number of aryl methyl sites for hydroxylation is 1. The van der Waals surface area contributed by atoms with Crippen LogP contribution in [0.3, 0.4) is 0 Å². The highest BCUT2D eigenvalue weighted by molar-refractivity contribution is 5.90. The average Bonchev–Trinajstić information content (AvgIpc) is 2.88. The zero-order chi connectivity index (χ0) is 24.1. The maximum Gasteiger partial charge on any atom is 0.321 e. The third-order valence-electron chi connectivity index (χ3n) is 6.30. The van der Waals surface area contributed by atoms with Crippen molar-refractivity contribution < 1.29 is 19.0 Å². The van der Waals surface area contributed by atoms with Crippen molar-refractivity contribution in [1.82, 2.24) is 14.9 Å². The first-order chi connectivity index (χ1) is 16.5. The van der Waals surface area contributed by atoms with Gasteiger partial charge in [-0.25, -0.2) is 14.8 Å². The van der Waals surface area contributed by atoms with E-state index in [0.29, 0.717) is 49.1 Å². The third kappa shape index (κ3) is 5.21. The molecule has 2 saturated heterocycles. The Bertz CT molecular complexity index is 978. The minimum absolute atomic E-state index is 0.165. The van der Waals surface area contributed by atoms with E-state index in [1.807, 2.05) is 6.92 Å². The topological polar surface area (TPSA) is 92.3 Å². The summed E-state index contributed by atoms with van der Waals surface area (Å²) in [5.74, 6) is 4.18.